The van der Waals surface area contributed by atoms with E-state index in [0.717, 1.165) is 12.1 Å². The molecule has 2 aromatic rings. The summed E-state index contributed by atoms with van der Waals surface area (Å²) in [6, 6.07) is 9.96. The summed E-state index contributed by atoms with van der Waals surface area (Å²) in [4.78, 5) is 11.0. The summed E-state index contributed by atoms with van der Waals surface area (Å²) in [5.41, 5.74) is -0.872. The number of ether oxygens (including phenoxy) is 1. The first-order chi connectivity index (χ1) is 11.2. The quantitative estimate of drug-likeness (QED) is 0.827. The van der Waals surface area contributed by atoms with Gasteiger partial charge in [-0.2, -0.15) is 13.2 Å². The smallest absolute Gasteiger partial charge is 0.416 e. The number of rotatable bonds is 5. The number of carboxylic acids is 1. The van der Waals surface area contributed by atoms with Gasteiger partial charge in [0.05, 0.1) is 5.56 Å². The van der Waals surface area contributed by atoms with Gasteiger partial charge in [-0.05, 0) is 43.3 Å². The van der Waals surface area contributed by atoms with E-state index in [2.05, 4.69) is 0 Å². The molecule has 0 radical (unpaired) electrons. The molecule has 0 saturated heterocycles. The van der Waals surface area contributed by atoms with Crippen LogP contribution >= 0.6 is 0 Å². The number of carboxylic acid groups (broad SMARTS) is 1. The van der Waals surface area contributed by atoms with E-state index >= 15 is 0 Å². The molecule has 2 atom stereocenters. The Morgan fingerprint density at radius 1 is 1.17 bits per heavy atom. The minimum absolute atomic E-state index is 0.0254. The van der Waals surface area contributed by atoms with Crippen LogP contribution in [-0.4, -0.2) is 21.7 Å². The zero-order valence-corrected chi connectivity index (χ0v) is 13.2. The zero-order valence-electron chi connectivity index (χ0n) is 12.4. The Morgan fingerprint density at radius 3 is 2.33 bits per heavy atom. The first kappa shape index (κ1) is 18.2. The van der Waals surface area contributed by atoms with Crippen LogP contribution in [0.5, 0.6) is 5.75 Å². The Morgan fingerprint density at radius 2 is 1.79 bits per heavy atom. The molecule has 0 aliphatic rings. The second-order valence-electron chi connectivity index (χ2n) is 4.86. The Bertz CT molecular complexity index is 716. The highest BCUT2D eigenvalue weighted by atomic mass is 32.2. The normalized spacial score (nSPS) is 14.0. The Hall–Kier alpha value is -2.19. The molecule has 0 bridgehead atoms. The van der Waals surface area contributed by atoms with Gasteiger partial charge in [0.15, 0.2) is 15.9 Å². The molecule has 0 saturated carbocycles. The van der Waals surface area contributed by atoms with Crippen molar-refractivity contribution in [2.75, 3.05) is 0 Å². The van der Waals surface area contributed by atoms with Gasteiger partial charge in [-0.3, -0.25) is 0 Å². The summed E-state index contributed by atoms with van der Waals surface area (Å²) in [5, 5.41) is 8.76. The molecule has 0 heterocycles. The lowest BCUT2D eigenvalue weighted by Crippen LogP contribution is -2.22. The average Bonchev–Trinajstić information content (AvgIpc) is 2.54. The summed E-state index contributed by atoms with van der Waals surface area (Å²) in [7, 11) is 0. The molecule has 1 N–H and O–H groups in total. The number of aliphatic carboxylic acids is 1. The molecule has 128 valence electrons. The summed E-state index contributed by atoms with van der Waals surface area (Å²) in [6.45, 7) is 1.36. The monoisotopic (exact) mass is 358 g/mol. The summed E-state index contributed by atoms with van der Waals surface area (Å²) >= 11 is -1.79. The van der Waals surface area contributed by atoms with Gasteiger partial charge >= 0.3 is 12.1 Å². The van der Waals surface area contributed by atoms with Crippen molar-refractivity contribution in [1.82, 2.24) is 0 Å². The lowest BCUT2D eigenvalue weighted by atomic mass is 10.2. The van der Waals surface area contributed by atoms with Crippen LogP contribution in [-0.2, 0) is 22.1 Å². The van der Waals surface area contributed by atoms with Gasteiger partial charge in [0.1, 0.15) is 5.75 Å². The average molecular weight is 358 g/mol. The molecule has 2 rings (SSSR count). The molecule has 0 aliphatic heterocycles. The zero-order chi connectivity index (χ0) is 17.9. The summed E-state index contributed by atoms with van der Waals surface area (Å²) in [6.07, 6.45) is -5.56. The van der Waals surface area contributed by atoms with Crippen molar-refractivity contribution in [2.45, 2.75) is 29.0 Å². The molecule has 24 heavy (non-hydrogen) atoms. The fourth-order valence-electron chi connectivity index (χ4n) is 1.82. The number of carbonyl (C=O) groups is 1. The van der Waals surface area contributed by atoms with Crippen molar-refractivity contribution in [2.24, 2.45) is 0 Å². The van der Waals surface area contributed by atoms with E-state index in [1.54, 1.807) is 0 Å². The van der Waals surface area contributed by atoms with Gasteiger partial charge < -0.3 is 14.4 Å². The second-order valence-corrected chi connectivity index (χ2v) is 6.34. The van der Waals surface area contributed by atoms with E-state index in [4.69, 9.17) is 9.84 Å². The number of alkyl halides is 3. The molecular weight excluding hydrogens is 345 g/mol. The predicted molar refractivity (Wildman–Crippen MR) is 80.3 cm³/mol. The van der Waals surface area contributed by atoms with Crippen LogP contribution < -0.4 is 4.74 Å². The maximum Gasteiger partial charge on any atom is 0.416 e. The fourth-order valence-corrected chi connectivity index (χ4v) is 2.91. The number of halogens is 3. The third kappa shape index (κ3) is 4.42. The van der Waals surface area contributed by atoms with Crippen molar-refractivity contribution in [1.29, 1.82) is 0 Å². The number of benzene rings is 2. The Balaban J connectivity index is 2.18. The van der Waals surface area contributed by atoms with Crippen LogP contribution in [0.4, 0.5) is 13.2 Å². The van der Waals surface area contributed by atoms with Crippen LogP contribution in [0.2, 0.25) is 0 Å². The van der Waals surface area contributed by atoms with Crippen LogP contribution in [0.25, 0.3) is 0 Å². The Kier molecular flexibility index (Phi) is 5.40. The van der Waals surface area contributed by atoms with E-state index < -0.39 is 35.0 Å². The SMILES string of the molecule is CC(Oc1ccc([S+]([O-])c2cccc(C(F)(F)F)c2)cc1)C(=O)O. The highest BCUT2D eigenvalue weighted by Crippen LogP contribution is 2.32. The first-order valence-electron chi connectivity index (χ1n) is 6.77. The third-order valence-electron chi connectivity index (χ3n) is 3.07. The minimum atomic E-state index is -4.51. The second kappa shape index (κ2) is 7.14. The van der Waals surface area contributed by atoms with Crippen molar-refractivity contribution < 1.29 is 32.4 Å². The highest BCUT2D eigenvalue weighted by Gasteiger charge is 2.32. The van der Waals surface area contributed by atoms with Crippen molar-refractivity contribution in [3.63, 3.8) is 0 Å². The third-order valence-corrected chi connectivity index (χ3v) is 4.46. The predicted octanol–water partition coefficient (Wildman–Crippen LogP) is 3.72. The maximum absolute atomic E-state index is 12.7. The van der Waals surface area contributed by atoms with Gasteiger partial charge in [-0.15, -0.1) is 0 Å². The van der Waals surface area contributed by atoms with Gasteiger partial charge in [-0.1, -0.05) is 6.07 Å². The molecule has 4 nitrogen and oxygen atoms in total. The van der Waals surface area contributed by atoms with E-state index in [0.29, 0.717) is 0 Å². The lowest BCUT2D eigenvalue weighted by Gasteiger charge is -2.13. The van der Waals surface area contributed by atoms with Gasteiger partial charge in [0, 0.05) is 17.2 Å². The van der Waals surface area contributed by atoms with Crippen molar-refractivity contribution in [3.8, 4) is 5.75 Å². The van der Waals surface area contributed by atoms with Gasteiger partial charge in [-0.25, -0.2) is 4.79 Å². The maximum atomic E-state index is 12.7. The molecule has 0 fully saturated rings. The van der Waals surface area contributed by atoms with Crippen LogP contribution in [0.3, 0.4) is 0 Å². The fraction of sp³-hybridized carbons (Fsp3) is 0.188. The van der Waals surface area contributed by atoms with E-state index in [1.807, 2.05) is 0 Å². The van der Waals surface area contributed by atoms with E-state index in [1.165, 1.54) is 43.3 Å². The van der Waals surface area contributed by atoms with Crippen LogP contribution in [0, 0.1) is 0 Å². The number of hydrogen-bond donors (Lipinski definition) is 1. The summed E-state index contributed by atoms with van der Waals surface area (Å²) < 4.78 is 55.6. The first-order valence-corrected chi connectivity index (χ1v) is 7.92. The molecule has 2 unspecified atom stereocenters. The minimum Gasteiger partial charge on any atom is -0.606 e. The molecular formula is C16H13F3O4S. The number of hydrogen-bond acceptors (Lipinski definition) is 3. The van der Waals surface area contributed by atoms with Gasteiger partial charge in [0.25, 0.3) is 0 Å². The van der Waals surface area contributed by atoms with E-state index in [-0.39, 0.29) is 15.5 Å². The lowest BCUT2D eigenvalue weighted by molar-refractivity contribution is -0.144. The molecule has 8 heteroatoms. The topological polar surface area (TPSA) is 69.6 Å². The van der Waals surface area contributed by atoms with E-state index in [9.17, 15) is 22.5 Å². The molecule has 0 amide bonds. The highest BCUT2D eigenvalue weighted by molar-refractivity contribution is 7.91. The molecule has 0 aliphatic carbocycles. The Labute approximate surface area is 139 Å². The largest absolute Gasteiger partial charge is 0.606 e. The van der Waals surface area contributed by atoms with Crippen LogP contribution in [0.1, 0.15) is 12.5 Å². The van der Waals surface area contributed by atoms with Crippen molar-refractivity contribution in [3.05, 3.63) is 54.1 Å². The van der Waals surface area contributed by atoms with Gasteiger partial charge in [0.2, 0.25) is 0 Å². The standard InChI is InChI=1S/C16H13F3O4S/c1-10(15(20)21)23-12-5-7-13(8-6-12)24(22)14-4-2-3-11(9-14)16(17,18)19/h2-10H,1H3,(H,20,21). The molecule has 2 aromatic carbocycles. The summed E-state index contributed by atoms with van der Waals surface area (Å²) in [5.74, 6) is -0.874. The van der Waals surface area contributed by atoms with Crippen LogP contribution in [0.15, 0.2) is 58.3 Å². The molecule has 0 spiro atoms. The van der Waals surface area contributed by atoms with Crippen molar-refractivity contribution >= 4 is 17.1 Å². The molecule has 0 aromatic heterocycles.